The average Bonchev–Trinajstić information content (AvgIpc) is 2.48. The molecule has 0 aliphatic heterocycles. The maximum Gasteiger partial charge on any atom is 0.0489 e. The van der Waals surface area contributed by atoms with E-state index in [1.54, 1.807) is 11.3 Å². The molecule has 2 aromatic rings. The molecule has 1 heterocycles. The van der Waals surface area contributed by atoms with Gasteiger partial charge in [-0.15, -0.1) is 11.3 Å². The number of aryl methyl sites for hydroxylation is 1. The van der Waals surface area contributed by atoms with Crippen molar-refractivity contribution in [3.8, 4) is 0 Å². The molecule has 0 unspecified atom stereocenters. The third-order valence-electron chi connectivity index (χ3n) is 2.00. The molecule has 0 aliphatic carbocycles. The number of rotatable bonds is 0. The molecule has 0 atom stereocenters. The highest BCUT2D eigenvalue weighted by molar-refractivity contribution is 9.10. The number of hydrogen-bond donors (Lipinski definition) is 1. The van der Waals surface area contributed by atoms with Gasteiger partial charge in [0.2, 0.25) is 0 Å². The van der Waals surface area contributed by atoms with Gasteiger partial charge in [-0.2, -0.15) is 0 Å². The molecule has 0 amide bonds. The lowest BCUT2D eigenvalue weighted by molar-refractivity contribution is 1.53. The van der Waals surface area contributed by atoms with Gasteiger partial charge in [-0.05, 0) is 51.3 Å². The van der Waals surface area contributed by atoms with Crippen LogP contribution in [-0.4, -0.2) is 0 Å². The summed E-state index contributed by atoms with van der Waals surface area (Å²) in [7, 11) is 0. The van der Waals surface area contributed by atoms with Crippen molar-refractivity contribution in [1.29, 1.82) is 0 Å². The zero-order valence-corrected chi connectivity index (χ0v) is 9.00. The van der Waals surface area contributed by atoms with Crippen LogP contribution in [-0.2, 0) is 0 Å². The fourth-order valence-corrected chi connectivity index (χ4v) is 2.86. The van der Waals surface area contributed by atoms with Crippen molar-refractivity contribution < 1.29 is 0 Å². The summed E-state index contributed by atoms with van der Waals surface area (Å²) in [6, 6.07) is 4.07. The van der Waals surface area contributed by atoms with Crippen LogP contribution >= 0.6 is 27.3 Å². The molecule has 1 nitrogen and oxygen atoms in total. The Hall–Kier alpha value is -0.540. The first kappa shape index (κ1) is 8.08. The largest absolute Gasteiger partial charge is 0.398 e. The van der Waals surface area contributed by atoms with Crippen LogP contribution in [0.5, 0.6) is 0 Å². The summed E-state index contributed by atoms with van der Waals surface area (Å²) >= 11 is 5.23. The minimum atomic E-state index is 0.854. The van der Waals surface area contributed by atoms with E-state index in [9.17, 15) is 0 Å². The smallest absolute Gasteiger partial charge is 0.0489 e. The molecule has 0 fully saturated rings. The Kier molecular flexibility index (Phi) is 1.85. The Morgan fingerprint density at radius 2 is 2.25 bits per heavy atom. The highest BCUT2D eigenvalue weighted by Gasteiger charge is 2.05. The fraction of sp³-hybridized carbons (Fsp3) is 0.111. The lowest BCUT2D eigenvalue weighted by Crippen LogP contribution is -1.89. The maximum absolute atomic E-state index is 5.82. The molecular weight excluding hydrogens is 234 g/mol. The predicted molar refractivity (Wildman–Crippen MR) is 58.7 cm³/mol. The molecule has 12 heavy (non-hydrogen) atoms. The van der Waals surface area contributed by atoms with Crippen molar-refractivity contribution in [2.45, 2.75) is 6.92 Å². The number of anilines is 1. The number of halogens is 1. The van der Waals surface area contributed by atoms with E-state index in [1.807, 2.05) is 6.07 Å². The van der Waals surface area contributed by atoms with Crippen LogP contribution in [0, 0.1) is 6.92 Å². The van der Waals surface area contributed by atoms with Gasteiger partial charge in [-0.25, -0.2) is 0 Å². The number of nitrogens with two attached hydrogens (primary N) is 1. The summed E-state index contributed by atoms with van der Waals surface area (Å²) < 4.78 is 2.37. The van der Waals surface area contributed by atoms with Crippen molar-refractivity contribution in [1.82, 2.24) is 0 Å². The number of benzene rings is 1. The van der Waals surface area contributed by atoms with Crippen LogP contribution < -0.4 is 5.73 Å². The SMILES string of the molecule is Cc1c(N)cc(Br)c2sccc12. The number of hydrogen-bond acceptors (Lipinski definition) is 2. The van der Waals surface area contributed by atoms with Crippen LogP contribution in [0.1, 0.15) is 5.56 Å². The minimum Gasteiger partial charge on any atom is -0.398 e. The number of fused-ring (bicyclic) bond motifs is 1. The zero-order chi connectivity index (χ0) is 8.72. The first-order valence-corrected chi connectivity index (χ1v) is 5.29. The first-order chi connectivity index (χ1) is 5.70. The molecular formula is C9H8BrNS. The average molecular weight is 242 g/mol. The fourth-order valence-electron chi connectivity index (χ4n) is 1.26. The number of nitrogen functional groups attached to an aromatic ring is 1. The van der Waals surface area contributed by atoms with E-state index in [-0.39, 0.29) is 0 Å². The van der Waals surface area contributed by atoms with E-state index in [1.165, 1.54) is 15.6 Å². The summed E-state index contributed by atoms with van der Waals surface area (Å²) in [5.74, 6) is 0. The highest BCUT2D eigenvalue weighted by Crippen LogP contribution is 2.34. The van der Waals surface area contributed by atoms with Crippen molar-refractivity contribution in [3.63, 3.8) is 0 Å². The summed E-state index contributed by atoms with van der Waals surface area (Å²) in [6.45, 7) is 2.05. The summed E-state index contributed by atoms with van der Waals surface area (Å²) in [4.78, 5) is 0. The molecule has 2 N–H and O–H groups in total. The van der Waals surface area contributed by atoms with E-state index >= 15 is 0 Å². The van der Waals surface area contributed by atoms with Gasteiger partial charge < -0.3 is 5.73 Å². The minimum absolute atomic E-state index is 0.854. The van der Waals surface area contributed by atoms with E-state index < -0.39 is 0 Å². The van der Waals surface area contributed by atoms with Crippen LogP contribution in [0.2, 0.25) is 0 Å². The summed E-state index contributed by atoms with van der Waals surface area (Å²) in [6.07, 6.45) is 0. The molecule has 2 rings (SSSR count). The van der Waals surface area contributed by atoms with E-state index in [0.29, 0.717) is 0 Å². The standard InChI is InChI=1S/C9H8BrNS/c1-5-6-2-3-12-9(6)7(10)4-8(5)11/h2-4H,11H2,1H3. The summed E-state index contributed by atoms with van der Waals surface area (Å²) in [5.41, 5.74) is 7.85. The van der Waals surface area contributed by atoms with Gasteiger partial charge in [0, 0.05) is 14.9 Å². The van der Waals surface area contributed by atoms with Crippen molar-refractivity contribution >= 4 is 43.0 Å². The Morgan fingerprint density at radius 3 is 3.00 bits per heavy atom. The predicted octanol–water partition coefficient (Wildman–Crippen LogP) is 3.55. The van der Waals surface area contributed by atoms with Crippen molar-refractivity contribution in [2.75, 3.05) is 5.73 Å². The van der Waals surface area contributed by atoms with Gasteiger partial charge >= 0.3 is 0 Å². The molecule has 0 spiro atoms. The Bertz CT molecular complexity index is 433. The number of thiophene rings is 1. The monoisotopic (exact) mass is 241 g/mol. The van der Waals surface area contributed by atoms with E-state index in [0.717, 1.165) is 10.2 Å². The van der Waals surface area contributed by atoms with Crippen molar-refractivity contribution in [2.24, 2.45) is 0 Å². The lowest BCUT2D eigenvalue weighted by atomic mass is 10.1. The van der Waals surface area contributed by atoms with Gasteiger partial charge in [-0.3, -0.25) is 0 Å². The second-order valence-electron chi connectivity index (χ2n) is 2.74. The Labute approximate surface area is 83.3 Å². The zero-order valence-electron chi connectivity index (χ0n) is 6.60. The molecule has 0 saturated heterocycles. The first-order valence-electron chi connectivity index (χ1n) is 3.62. The van der Waals surface area contributed by atoms with Crippen molar-refractivity contribution in [3.05, 3.63) is 27.5 Å². The normalized spacial score (nSPS) is 10.8. The third-order valence-corrected chi connectivity index (χ3v) is 3.84. The molecule has 0 saturated carbocycles. The Balaban J connectivity index is 2.97. The van der Waals surface area contributed by atoms with Gasteiger partial charge in [0.05, 0.1) is 0 Å². The van der Waals surface area contributed by atoms with Crippen LogP contribution in [0.3, 0.4) is 0 Å². The lowest BCUT2D eigenvalue weighted by Gasteiger charge is -2.02. The maximum atomic E-state index is 5.82. The molecule has 1 aromatic heterocycles. The van der Waals surface area contributed by atoms with Crippen LogP contribution in [0.4, 0.5) is 5.69 Å². The topological polar surface area (TPSA) is 26.0 Å². The van der Waals surface area contributed by atoms with Gasteiger partial charge in [0.15, 0.2) is 0 Å². The van der Waals surface area contributed by atoms with Gasteiger partial charge in [0.25, 0.3) is 0 Å². The second kappa shape index (κ2) is 2.75. The van der Waals surface area contributed by atoms with E-state index in [2.05, 4.69) is 34.3 Å². The Morgan fingerprint density at radius 1 is 1.50 bits per heavy atom. The molecule has 62 valence electrons. The van der Waals surface area contributed by atoms with E-state index in [4.69, 9.17) is 5.73 Å². The summed E-state index contributed by atoms with van der Waals surface area (Å²) in [5, 5.41) is 3.34. The van der Waals surface area contributed by atoms with Gasteiger partial charge in [-0.1, -0.05) is 0 Å². The highest BCUT2D eigenvalue weighted by atomic mass is 79.9. The molecule has 0 bridgehead atoms. The van der Waals surface area contributed by atoms with Gasteiger partial charge in [0.1, 0.15) is 0 Å². The molecule has 3 heteroatoms. The molecule has 1 aromatic carbocycles. The second-order valence-corrected chi connectivity index (χ2v) is 4.51. The molecule has 0 radical (unpaired) electrons. The van der Waals surface area contributed by atoms with Crippen LogP contribution in [0.25, 0.3) is 10.1 Å². The molecule has 0 aliphatic rings. The van der Waals surface area contributed by atoms with Crippen LogP contribution in [0.15, 0.2) is 22.0 Å². The quantitative estimate of drug-likeness (QED) is 0.702. The third kappa shape index (κ3) is 1.04.